The lowest BCUT2D eigenvalue weighted by atomic mass is 9.71. The van der Waals surface area contributed by atoms with Crippen molar-refractivity contribution >= 4 is 28.7 Å². The fraction of sp³-hybridized carbons (Fsp3) is 0.650. The Balaban J connectivity index is 1.96. The van der Waals surface area contributed by atoms with Crippen molar-refractivity contribution in [3.63, 3.8) is 0 Å². The van der Waals surface area contributed by atoms with Crippen molar-refractivity contribution in [1.82, 2.24) is 5.32 Å². The van der Waals surface area contributed by atoms with Crippen molar-refractivity contribution in [3.8, 4) is 0 Å². The van der Waals surface area contributed by atoms with Crippen LogP contribution < -0.4 is 5.32 Å². The van der Waals surface area contributed by atoms with Crippen molar-refractivity contribution in [3.05, 3.63) is 29.3 Å². The van der Waals surface area contributed by atoms with E-state index in [1.54, 1.807) is 38.1 Å². The number of carbonyl (C=O) groups excluding carboxylic acids is 1. The first-order valence-electron chi connectivity index (χ1n) is 9.00. The number of hydrogen-bond donors (Lipinski definition) is 1. The molecule has 1 aromatic carbocycles. The first-order chi connectivity index (χ1) is 11.5. The summed E-state index contributed by atoms with van der Waals surface area (Å²) in [5, 5.41) is 3.73. The predicted molar refractivity (Wildman–Crippen MR) is 105 cm³/mol. The summed E-state index contributed by atoms with van der Waals surface area (Å²) in [7, 11) is 0. The third kappa shape index (κ3) is 5.15. The Morgan fingerprint density at radius 3 is 2.08 bits per heavy atom. The van der Waals surface area contributed by atoms with Gasteiger partial charge in [-0.05, 0) is 75.1 Å². The van der Waals surface area contributed by atoms with Gasteiger partial charge in [-0.2, -0.15) is 0 Å². The molecule has 1 N–H and O–H groups in total. The topological polar surface area (TPSA) is 52.2 Å². The van der Waals surface area contributed by atoms with Crippen molar-refractivity contribution in [2.45, 2.75) is 76.0 Å². The van der Waals surface area contributed by atoms with Gasteiger partial charge in [0.2, 0.25) is 4.75 Å². The zero-order valence-electron chi connectivity index (χ0n) is 15.9. The van der Waals surface area contributed by atoms with E-state index in [-0.39, 0.29) is 11.9 Å². The summed E-state index contributed by atoms with van der Waals surface area (Å²) in [5.74, 6) is 0.567. The number of halogens is 1. The maximum absolute atomic E-state index is 12.9. The van der Waals surface area contributed by atoms with Crippen LogP contribution in [-0.4, -0.2) is 21.2 Å². The molecule has 1 saturated carbocycles. The van der Waals surface area contributed by atoms with Crippen molar-refractivity contribution in [2.75, 3.05) is 0 Å². The Hall–Kier alpha value is -0.710. The second kappa shape index (κ2) is 7.89. The zero-order valence-corrected chi connectivity index (χ0v) is 17.5. The number of amides is 1. The Morgan fingerprint density at radius 2 is 1.60 bits per heavy atom. The first-order valence-corrected chi connectivity index (χ1v) is 10.5. The smallest absolute Gasteiger partial charge is 0.276 e. The summed E-state index contributed by atoms with van der Waals surface area (Å²) in [6, 6.07) is 7.05. The average Bonchev–Trinajstić information content (AvgIpc) is 2.54. The number of rotatable bonds is 4. The van der Waals surface area contributed by atoms with Crippen molar-refractivity contribution in [2.24, 2.45) is 11.3 Å². The molecule has 0 heterocycles. The first kappa shape index (κ1) is 20.6. The second-order valence-corrected chi connectivity index (χ2v) is 11.1. The zero-order chi connectivity index (χ0) is 18.8. The molecule has 0 aliphatic heterocycles. The number of hydrogen-bond acceptors (Lipinski definition) is 2. The van der Waals surface area contributed by atoms with Gasteiger partial charge in [-0.25, -0.2) is 0 Å². The van der Waals surface area contributed by atoms with E-state index in [2.05, 4.69) is 26.1 Å². The van der Waals surface area contributed by atoms with Gasteiger partial charge in [0.15, 0.2) is 4.90 Å². The van der Waals surface area contributed by atoms with Gasteiger partial charge in [0.1, 0.15) is 0 Å². The normalized spacial score (nSPS) is 23.2. The molecule has 5 heteroatoms. The van der Waals surface area contributed by atoms with E-state index in [0.717, 1.165) is 25.7 Å². The lowest BCUT2D eigenvalue weighted by molar-refractivity contribution is -0.123. The molecule has 0 saturated heterocycles. The molecule has 1 aliphatic carbocycles. The maximum atomic E-state index is 12.9. The lowest BCUT2D eigenvalue weighted by Crippen LogP contribution is -2.52. The number of carbonyl (C=O) groups is 1. The Labute approximate surface area is 160 Å². The van der Waals surface area contributed by atoms with Crippen LogP contribution in [-0.2, 0) is 16.0 Å². The molecule has 1 atom stereocenters. The molecule has 3 nitrogen and oxygen atoms in total. The van der Waals surface area contributed by atoms with Crippen LogP contribution in [0.2, 0.25) is 5.02 Å². The summed E-state index contributed by atoms with van der Waals surface area (Å²) in [5.41, 5.74) is 0.324. The molecule has 0 aromatic heterocycles. The summed E-state index contributed by atoms with van der Waals surface area (Å²) < 4.78 is 11.9. The monoisotopic (exact) mass is 383 g/mol. The third-order valence-electron chi connectivity index (χ3n) is 5.33. The highest BCUT2D eigenvalue weighted by molar-refractivity contribution is 7.93. The molecule has 1 unspecified atom stereocenters. The van der Waals surface area contributed by atoms with E-state index in [1.807, 2.05) is 0 Å². The third-order valence-corrected chi connectivity index (χ3v) is 7.39. The molecule has 140 valence electrons. The average molecular weight is 384 g/mol. The Kier molecular flexibility index (Phi) is 6.50. The quantitative estimate of drug-likeness (QED) is 0.748. The van der Waals surface area contributed by atoms with Crippen LogP contribution >= 0.6 is 11.6 Å². The van der Waals surface area contributed by atoms with Crippen LogP contribution in [0.3, 0.4) is 0 Å². The summed E-state index contributed by atoms with van der Waals surface area (Å²) in [6.45, 7) is 10.3. The second-order valence-electron chi connectivity index (χ2n) is 8.62. The minimum Gasteiger partial charge on any atom is -0.611 e. The molecule has 1 amide bonds. The number of benzene rings is 1. The van der Waals surface area contributed by atoms with Crippen LogP contribution in [0.5, 0.6) is 0 Å². The molecule has 0 radical (unpaired) electrons. The molecule has 2 rings (SSSR count). The minimum atomic E-state index is -1.43. The molecular formula is C20H30ClNO2S. The Morgan fingerprint density at radius 1 is 1.08 bits per heavy atom. The van der Waals surface area contributed by atoms with Crippen LogP contribution in [0.1, 0.15) is 60.3 Å². The van der Waals surface area contributed by atoms with Gasteiger partial charge in [-0.3, -0.25) is 4.79 Å². The summed E-state index contributed by atoms with van der Waals surface area (Å²) >= 11 is 4.46. The highest BCUT2D eigenvalue weighted by Gasteiger charge is 2.43. The molecule has 1 aromatic rings. The highest BCUT2D eigenvalue weighted by Crippen LogP contribution is 2.38. The SMILES string of the molecule is CC(C)(C)C1CCC(NC(=O)C(C)(C)[S+]([O-])c2ccc(Cl)cc2)CC1. The van der Waals surface area contributed by atoms with Crippen LogP contribution in [0.25, 0.3) is 0 Å². The van der Waals surface area contributed by atoms with Gasteiger partial charge in [0.05, 0.1) is 0 Å². The fourth-order valence-electron chi connectivity index (χ4n) is 3.40. The molecule has 0 spiro atoms. The molecule has 1 fully saturated rings. The van der Waals surface area contributed by atoms with E-state index in [9.17, 15) is 9.35 Å². The van der Waals surface area contributed by atoms with Gasteiger partial charge in [-0.1, -0.05) is 32.4 Å². The predicted octanol–water partition coefficient (Wildman–Crippen LogP) is 4.95. The van der Waals surface area contributed by atoms with Gasteiger partial charge in [0, 0.05) is 22.2 Å². The minimum absolute atomic E-state index is 0.139. The standard InChI is InChI=1S/C20H30ClNO2S/c1-19(2,3)14-6-10-16(11-7-14)22-18(23)20(4,5)25(24)17-12-8-15(21)9-13-17/h8-9,12-14,16H,6-7,10-11H2,1-5H3,(H,22,23). The molecular weight excluding hydrogens is 354 g/mol. The highest BCUT2D eigenvalue weighted by atomic mass is 35.5. The van der Waals surface area contributed by atoms with Crippen LogP contribution in [0.15, 0.2) is 29.2 Å². The van der Waals surface area contributed by atoms with E-state index >= 15 is 0 Å². The van der Waals surface area contributed by atoms with Crippen molar-refractivity contribution in [1.29, 1.82) is 0 Å². The van der Waals surface area contributed by atoms with E-state index in [0.29, 0.717) is 21.3 Å². The molecule has 0 bridgehead atoms. The lowest BCUT2D eigenvalue weighted by Gasteiger charge is -2.38. The molecule has 25 heavy (non-hydrogen) atoms. The molecule has 1 aliphatic rings. The van der Waals surface area contributed by atoms with Gasteiger partial charge >= 0.3 is 0 Å². The van der Waals surface area contributed by atoms with Gasteiger partial charge in [-0.15, -0.1) is 0 Å². The van der Waals surface area contributed by atoms with E-state index in [1.165, 1.54) is 0 Å². The fourth-order valence-corrected chi connectivity index (χ4v) is 4.73. The van der Waals surface area contributed by atoms with Crippen molar-refractivity contribution < 1.29 is 9.35 Å². The van der Waals surface area contributed by atoms with Gasteiger partial charge in [0.25, 0.3) is 5.91 Å². The summed E-state index contributed by atoms with van der Waals surface area (Å²) in [4.78, 5) is 13.4. The Bertz CT molecular complexity index is 587. The van der Waals surface area contributed by atoms with Crippen LogP contribution in [0, 0.1) is 11.3 Å². The largest absolute Gasteiger partial charge is 0.611 e. The van der Waals surface area contributed by atoms with E-state index in [4.69, 9.17) is 11.6 Å². The van der Waals surface area contributed by atoms with E-state index < -0.39 is 15.9 Å². The van der Waals surface area contributed by atoms with Crippen LogP contribution in [0.4, 0.5) is 0 Å². The number of nitrogens with one attached hydrogen (secondary N) is 1. The maximum Gasteiger partial charge on any atom is 0.276 e. The van der Waals surface area contributed by atoms with Gasteiger partial charge < -0.3 is 9.87 Å². The summed E-state index contributed by atoms with van der Waals surface area (Å²) in [6.07, 6.45) is 4.26.